The van der Waals surface area contributed by atoms with E-state index >= 15 is 0 Å². The number of hydroxylamine groups is 1. The molecule has 0 unspecified atom stereocenters. The van der Waals surface area contributed by atoms with Crippen molar-refractivity contribution in [2.75, 3.05) is 11.5 Å². The van der Waals surface area contributed by atoms with E-state index in [1.807, 2.05) is 24.3 Å². The monoisotopic (exact) mass is 483 g/mol. The van der Waals surface area contributed by atoms with Gasteiger partial charge in [-0.25, -0.2) is 5.48 Å². The number of benzene rings is 2. The van der Waals surface area contributed by atoms with Gasteiger partial charge in [0, 0.05) is 12.1 Å². The summed E-state index contributed by atoms with van der Waals surface area (Å²) < 4.78 is 53.3. The van der Waals surface area contributed by atoms with Gasteiger partial charge in [0.05, 0.1) is 46.9 Å². The molecule has 2 aromatic carbocycles. The van der Waals surface area contributed by atoms with Crippen LogP contribution in [-0.4, -0.2) is 29.9 Å². The van der Waals surface area contributed by atoms with Gasteiger partial charge in [-0.3, -0.25) is 9.69 Å². The number of halogens is 3. The largest absolute Gasteiger partial charge is 0.417 e. The first-order valence-electron chi connectivity index (χ1n) is 11.2. The van der Waals surface area contributed by atoms with Crippen LogP contribution >= 0.6 is 0 Å². The Balaban J connectivity index is 1.37. The Morgan fingerprint density at radius 1 is 1.23 bits per heavy atom. The number of nitriles is 1. The molecule has 10 heteroatoms. The third kappa shape index (κ3) is 3.01. The molecule has 1 spiro atoms. The molecule has 4 heterocycles. The molecule has 6 rings (SSSR count). The van der Waals surface area contributed by atoms with Crippen molar-refractivity contribution >= 4 is 11.6 Å². The highest BCUT2D eigenvalue weighted by atomic mass is 19.4. The number of hydrogen-bond acceptors (Lipinski definition) is 6. The quantitative estimate of drug-likeness (QED) is 0.664. The van der Waals surface area contributed by atoms with Gasteiger partial charge in [0.15, 0.2) is 5.75 Å². The van der Waals surface area contributed by atoms with E-state index in [-0.39, 0.29) is 12.3 Å². The zero-order valence-electron chi connectivity index (χ0n) is 18.5. The van der Waals surface area contributed by atoms with E-state index in [1.165, 1.54) is 11.0 Å². The Morgan fingerprint density at radius 3 is 2.71 bits per heavy atom. The van der Waals surface area contributed by atoms with Crippen LogP contribution in [0.25, 0.3) is 0 Å². The lowest BCUT2D eigenvalue weighted by molar-refractivity contribution is -0.138. The highest BCUT2D eigenvalue weighted by Crippen LogP contribution is 2.64. The molecule has 7 nitrogen and oxygen atoms in total. The van der Waals surface area contributed by atoms with Crippen molar-refractivity contribution in [3.05, 3.63) is 71.4 Å². The fourth-order valence-corrected chi connectivity index (χ4v) is 5.95. The number of rotatable bonds is 4. The smallest absolute Gasteiger partial charge is 0.382 e. The second kappa shape index (κ2) is 7.23. The molecule has 1 N–H and O–H groups in total. The minimum absolute atomic E-state index is 0.0378. The van der Waals surface area contributed by atoms with Gasteiger partial charge in [0.2, 0.25) is 5.91 Å². The maximum Gasteiger partial charge on any atom is 0.417 e. The fourth-order valence-electron chi connectivity index (χ4n) is 5.95. The number of fused-ring (bicyclic) bond motifs is 2. The van der Waals surface area contributed by atoms with Crippen molar-refractivity contribution in [1.29, 1.82) is 5.26 Å². The summed E-state index contributed by atoms with van der Waals surface area (Å²) in [5.74, 6) is -0.905. The Labute approximate surface area is 198 Å². The molecule has 2 aromatic rings. The SMILES string of the molecule is C[C@@]12O[C@]3(C=C1NOc1ccccc1)CCO[C@H]1[C@@H]3[C@@H]2C(=O)N1c1ccc(C#N)c(C(F)(F)F)c1. The van der Waals surface area contributed by atoms with Crippen LogP contribution in [0.5, 0.6) is 5.75 Å². The lowest BCUT2D eigenvalue weighted by atomic mass is 9.69. The zero-order chi connectivity index (χ0) is 24.6. The fraction of sp³-hybridized carbons (Fsp3) is 0.360. The predicted molar refractivity (Wildman–Crippen MR) is 115 cm³/mol. The van der Waals surface area contributed by atoms with Crippen molar-refractivity contribution in [2.45, 2.75) is 37.0 Å². The molecule has 3 fully saturated rings. The van der Waals surface area contributed by atoms with E-state index in [0.717, 1.165) is 12.1 Å². The van der Waals surface area contributed by atoms with Gasteiger partial charge in [-0.05, 0) is 43.3 Å². The molecule has 1 amide bonds. The lowest BCUT2D eigenvalue weighted by Gasteiger charge is -2.40. The summed E-state index contributed by atoms with van der Waals surface area (Å²) in [6.45, 7) is 2.05. The van der Waals surface area contributed by atoms with Crippen molar-refractivity contribution in [2.24, 2.45) is 11.8 Å². The third-order valence-electron chi connectivity index (χ3n) is 7.42. The van der Waals surface area contributed by atoms with Crippen molar-refractivity contribution in [1.82, 2.24) is 5.48 Å². The summed E-state index contributed by atoms with van der Waals surface area (Å²) in [6.07, 6.45) is -3.11. The minimum Gasteiger partial charge on any atom is -0.382 e. The summed E-state index contributed by atoms with van der Waals surface area (Å²) in [4.78, 5) is 20.8. The summed E-state index contributed by atoms with van der Waals surface area (Å²) in [7, 11) is 0. The highest BCUT2D eigenvalue weighted by Gasteiger charge is 2.75. The van der Waals surface area contributed by atoms with E-state index in [1.54, 1.807) is 25.1 Å². The number of nitrogens with zero attached hydrogens (tertiary/aromatic N) is 2. The molecule has 0 radical (unpaired) electrons. The molecule has 4 aliphatic rings. The molecule has 180 valence electrons. The second-order valence-corrected chi connectivity index (χ2v) is 9.30. The number of anilines is 1. The summed E-state index contributed by atoms with van der Waals surface area (Å²) in [5, 5.41) is 9.14. The molecule has 0 aromatic heterocycles. The number of ether oxygens (including phenoxy) is 2. The maximum absolute atomic E-state index is 13.8. The van der Waals surface area contributed by atoms with Crippen LogP contribution in [-0.2, 0) is 20.4 Å². The van der Waals surface area contributed by atoms with Crippen LogP contribution in [0.2, 0.25) is 0 Å². The number of alkyl halides is 3. The Bertz CT molecular complexity index is 1290. The average Bonchev–Trinajstić information content (AvgIpc) is 3.40. The number of nitrogens with one attached hydrogen (secondary N) is 1. The van der Waals surface area contributed by atoms with Gasteiger partial charge in [-0.15, -0.1) is 0 Å². The summed E-state index contributed by atoms with van der Waals surface area (Å²) in [5.41, 5.74) is 0.0936. The van der Waals surface area contributed by atoms with Crippen molar-refractivity contribution in [3.63, 3.8) is 0 Å². The van der Waals surface area contributed by atoms with Gasteiger partial charge < -0.3 is 14.3 Å². The van der Waals surface area contributed by atoms with Crippen LogP contribution < -0.4 is 15.2 Å². The standard InChI is InChI=1S/C25H20F3N3O4/c1-23-18(30-34-16-5-3-2-4-6-16)12-24(35-23)9-10-33-22-20(24)19(23)21(32)31(22)15-8-7-14(13-29)17(11-15)25(26,27)28/h2-8,11-12,19-20,22,30H,9-10H2,1H3/t19-,20+,22+,23-,24+/m1/s1. The maximum atomic E-state index is 13.8. The van der Waals surface area contributed by atoms with E-state index in [9.17, 15) is 18.0 Å². The Kier molecular flexibility index (Phi) is 4.53. The van der Waals surface area contributed by atoms with Gasteiger partial charge in [0.1, 0.15) is 11.8 Å². The van der Waals surface area contributed by atoms with E-state index in [2.05, 4.69) is 5.48 Å². The van der Waals surface area contributed by atoms with Crippen molar-refractivity contribution in [3.8, 4) is 11.8 Å². The van der Waals surface area contributed by atoms with Crippen LogP contribution in [0.4, 0.5) is 18.9 Å². The summed E-state index contributed by atoms with van der Waals surface area (Å²) in [6, 6.07) is 13.9. The normalized spacial score (nSPS) is 32.8. The topological polar surface area (TPSA) is 83.8 Å². The average molecular weight is 483 g/mol. The number of carbonyl (C=O) groups excluding carboxylic acids is 1. The van der Waals surface area contributed by atoms with E-state index in [0.29, 0.717) is 17.9 Å². The van der Waals surface area contributed by atoms with Gasteiger partial charge in [0.25, 0.3) is 0 Å². The molecule has 2 bridgehead atoms. The van der Waals surface area contributed by atoms with Gasteiger partial charge in [-0.2, -0.15) is 18.4 Å². The predicted octanol–water partition coefficient (Wildman–Crippen LogP) is 3.91. The molecule has 4 aliphatic heterocycles. The number of para-hydroxylation sites is 1. The first kappa shape index (κ1) is 21.9. The Hall–Kier alpha value is -3.55. The Morgan fingerprint density at radius 2 is 2.00 bits per heavy atom. The highest BCUT2D eigenvalue weighted by molar-refractivity contribution is 6.00. The molecule has 0 aliphatic carbocycles. The molecule has 5 atom stereocenters. The molecule has 0 saturated carbocycles. The van der Waals surface area contributed by atoms with E-state index in [4.69, 9.17) is 19.6 Å². The van der Waals surface area contributed by atoms with Crippen LogP contribution in [0, 0.1) is 23.2 Å². The molecular formula is C25H20F3N3O4. The number of amides is 1. The van der Waals surface area contributed by atoms with E-state index < -0.39 is 52.5 Å². The van der Waals surface area contributed by atoms with Gasteiger partial charge in [-0.1, -0.05) is 18.2 Å². The van der Waals surface area contributed by atoms with Gasteiger partial charge >= 0.3 is 6.18 Å². The lowest BCUT2D eigenvalue weighted by Crippen LogP contribution is -2.50. The molecule has 35 heavy (non-hydrogen) atoms. The van der Waals surface area contributed by atoms with Crippen LogP contribution in [0.1, 0.15) is 24.5 Å². The third-order valence-corrected chi connectivity index (χ3v) is 7.42. The number of carbonyl (C=O) groups is 1. The first-order chi connectivity index (χ1) is 16.7. The summed E-state index contributed by atoms with van der Waals surface area (Å²) >= 11 is 0. The minimum atomic E-state index is -4.74. The molecule has 3 saturated heterocycles. The second-order valence-electron chi connectivity index (χ2n) is 9.30. The van der Waals surface area contributed by atoms with Crippen LogP contribution in [0.3, 0.4) is 0 Å². The van der Waals surface area contributed by atoms with Crippen molar-refractivity contribution < 1.29 is 32.3 Å². The molecular weight excluding hydrogens is 463 g/mol. The number of hydrogen-bond donors (Lipinski definition) is 1. The first-order valence-corrected chi connectivity index (χ1v) is 11.2. The van der Waals surface area contributed by atoms with Crippen LogP contribution in [0.15, 0.2) is 60.3 Å². The zero-order valence-corrected chi connectivity index (χ0v) is 18.5.